The molecule has 3 aromatic rings. The lowest BCUT2D eigenvalue weighted by molar-refractivity contribution is -0.142. The molecule has 4 rings (SSSR count). The van der Waals surface area contributed by atoms with Gasteiger partial charge in [-0.2, -0.15) is 18.3 Å². The van der Waals surface area contributed by atoms with Crippen LogP contribution in [0.4, 0.5) is 18.9 Å². The number of nitrogens with zero attached hydrogens (tertiary/aromatic N) is 2. The monoisotopic (exact) mass is 400 g/mol. The van der Waals surface area contributed by atoms with E-state index in [1.54, 1.807) is 24.3 Å². The molecule has 0 saturated heterocycles. The van der Waals surface area contributed by atoms with E-state index in [1.807, 2.05) is 30.3 Å². The number of benzene rings is 2. The van der Waals surface area contributed by atoms with Gasteiger partial charge in [0.1, 0.15) is 0 Å². The first kappa shape index (κ1) is 19.0. The van der Waals surface area contributed by atoms with Gasteiger partial charge in [-0.05, 0) is 62.1 Å². The third-order valence-corrected chi connectivity index (χ3v) is 4.92. The van der Waals surface area contributed by atoms with Gasteiger partial charge in [0, 0.05) is 16.8 Å². The fourth-order valence-corrected chi connectivity index (χ4v) is 3.52. The van der Waals surface area contributed by atoms with Crippen LogP contribution in [0.2, 0.25) is 0 Å². The standard InChI is InChI=1S/C21H19F3N4O/c22-21(23,24)19-17-8-4-5-9-18(17)28(27-19)16-12-10-14(11-13-16)20(29)26-25-15-6-2-1-3-7-15/h1-3,6-7,10-13,25H,4-5,8-9H2,(H,26,29). The number of anilines is 1. The number of carbonyl (C=O) groups is 1. The lowest BCUT2D eigenvalue weighted by Gasteiger charge is -2.15. The highest BCUT2D eigenvalue weighted by molar-refractivity contribution is 5.95. The normalized spacial score (nSPS) is 13.6. The van der Waals surface area contributed by atoms with Crippen molar-refractivity contribution < 1.29 is 18.0 Å². The number of para-hydroxylation sites is 1. The first-order valence-electron chi connectivity index (χ1n) is 9.33. The number of carbonyl (C=O) groups excluding carboxylic acids is 1. The number of nitrogens with one attached hydrogen (secondary N) is 2. The van der Waals surface area contributed by atoms with Crippen LogP contribution in [-0.2, 0) is 19.0 Å². The molecule has 2 N–H and O–H groups in total. The smallest absolute Gasteiger partial charge is 0.298 e. The summed E-state index contributed by atoms with van der Waals surface area (Å²) in [6.07, 6.45) is -1.97. The van der Waals surface area contributed by atoms with Crippen molar-refractivity contribution in [3.63, 3.8) is 0 Å². The maximum absolute atomic E-state index is 13.4. The predicted octanol–water partition coefficient (Wildman–Crippen LogP) is 4.53. The number of aromatic nitrogens is 2. The highest BCUT2D eigenvalue weighted by atomic mass is 19.4. The van der Waals surface area contributed by atoms with Crippen molar-refractivity contribution in [2.75, 3.05) is 5.43 Å². The fraction of sp³-hybridized carbons (Fsp3) is 0.238. The Hall–Kier alpha value is -3.29. The van der Waals surface area contributed by atoms with Gasteiger partial charge < -0.3 is 0 Å². The van der Waals surface area contributed by atoms with E-state index < -0.39 is 11.9 Å². The molecule has 29 heavy (non-hydrogen) atoms. The summed E-state index contributed by atoms with van der Waals surface area (Å²) in [4.78, 5) is 12.3. The van der Waals surface area contributed by atoms with Crippen LogP contribution >= 0.6 is 0 Å². The zero-order valence-corrected chi connectivity index (χ0v) is 15.5. The summed E-state index contributed by atoms with van der Waals surface area (Å²) in [6.45, 7) is 0. The highest BCUT2D eigenvalue weighted by Crippen LogP contribution is 2.36. The van der Waals surface area contributed by atoms with E-state index in [2.05, 4.69) is 16.0 Å². The maximum atomic E-state index is 13.4. The summed E-state index contributed by atoms with van der Waals surface area (Å²) in [5.74, 6) is -0.348. The second-order valence-electron chi connectivity index (χ2n) is 6.88. The van der Waals surface area contributed by atoms with Crippen LogP contribution in [-0.4, -0.2) is 15.7 Å². The summed E-state index contributed by atoms with van der Waals surface area (Å²) in [7, 11) is 0. The third-order valence-electron chi connectivity index (χ3n) is 4.92. The van der Waals surface area contributed by atoms with Crippen LogP contribution in [0.1, 0.15) is 40.2 Å². The number of amides is 1. The average molecular weight is 400 g/mol. The Labute approximate surface area is 165 Å². The molecule has 0 spiro atoms. The number of fused-ring (bicyclic) bond motifs is 1. The Morgan fingerprint density at radius 1 is 0.966 bits per heavy atom. The van der Waals surface area contributed by atoms with Crippen LogP contribution in [0.5, 0.6) is 0 Å². The van der Waals surface area contributed by atoms with Gasteiger partial charge >= 0.3 is 6.18 Å². The highest BCUT2D eigenvalue weighted by Gasteiger charge is 2.39. The molecule has 0 aliphatic heterocycles. The van der Waals surface area contributed by atoms with Crippen LogP contribution in [0, 0.1) is 0 Å². The Bertz CT molecular complexity index is 1010. The molecule has 1 heterocycles. The van der Waals surface area contributed by atoms with Gasteiger partial charge in [0.15, 0.2) is 5.69 Å². The summed E-state index contributed by atoms with van der Waals surface area (Å²) in [5.41, 5.74) is 7.11. The van der Waals surface area contributed by atoms with Crippen molar-refractivity contribution in [1.29, 1.82) is 0 Å². The van der Waals surface area contributed by atoms with Crippen molar-refractivity contribution >= 4 is 11.6 Å². The summed E-state index contributed by atoms with van der Waals surface area (Å²) >= 11 is 0. The number of hydrogen-bond donors (Lipinski definition) is 2. The molecule has 5 nitrogen and oxygen atoms in total. The lowest BCUT2D eigenvalue weighted by Crippen LogP contribution is -2.29. The molecule has 1 amide bonds. The minimum atomic E-state index is -4.48. The quantitative estimate of drug-likeness (QED) is 0.633. The van der Waals surface area contributed by atoms with Gasteiger partial charge in [-0.15, -0.1) is 0 Å². The zero-order chi connectivity index (χ0) is 20.4. The van der Waals surface area contributed by atoms with Gasteiger partial charge in [0.05, 0.1) is 11.4 Å². The average Bonchev–Trinajstić information content (AvgIpc) is 3.13. The number of rotatable bonds is 4. The van der Waals surface area contributed by atoms with E-state index in [0.717, 1.165) is 18.5 Å². The number of hydrazine groups is 1. The molecular weight excluding hydrogens is 381 g/mol. The Morgan fingerprint density at radius 3 is 2.34 bits per heavy atom. The summed E-state index contributed by atoms with van der Waals surface area (Å²) in [5, 5.41) is 3.86. The SMILES string of the molecule is O=C(NNc1ccccc1)c1ccc(-n2nc(C(F)(F)F)c3c2CCCC3)cc1. The van der Waals surface area contributed by atoms with E-state index in [0.29, 0.717) is 29.8 Å². The van der Waals surface area contributed by atoms with Gasteiger partial charge in [-0.1, -0.05) is 18.2 Å². The zero-order valence-electron chi connectivity index (χ0n) is 15.5. The topological polar surface area (TPSA) is 59.0 Å². The lowest BCUT2D eigenvalue weighted by atomic mass is 9.95. The van der Waals surface area contributed by atoms with E-state index >= 15 is 0 Å². The molecule has 8 heteroatoms. The maximum Gasteiger partial charge on any atom is 0.435 e. The number of hydrogen-bond acceptors (Lipinski definition) is 3. The Balaban J connectivity index is 1.55. The molecule has 150 valence electrons. The van der Waals surface area contributed by atoms with Gasteiger partial charge in [0.2, 0.25) is 0 Å². The minimum Gasteiger partial charge on any atom is -0.298 e. The molecular formula is C21H19F3N4O. The second kappa shape index (κ2) is 7.62. The predicted molar refractivity (Wildman–Crippen MR) is 103 cm³/mol. The minimum absolute atomic E-state index is 0.289. The fourth-order valence-electron chi connectivity index (χ4n) is 3.52. The van der Waals surface area contributed by atoms with E-state index in [4.69, 9.17) is 0 Å². The molecule has 0 atom stereocenters. The van der Waals surface area contributed by atoms with Crippen LogP contribution < -0.4 is 10.9 Å². The van der Waals surface area contributed by atoms with Crippen molar-refractivity contribution in [3.8, 4) is 5.69 Å². The van der Waals surface area contributed by atoms with Crippen LogP contribution in [0.25, 0.3) is 5.69 Å². The van der Waals surface area contributed by atoms with Gasteiger partial charge in [0.25, 0.3) is 5.91 Å². The molecule has 0 radical (unpaired) electrons. The first-order valence-corrected chi connectivity index (χ1v) is 9.33. The summed E-state index contributed by atoms with van der Waals surface area (Å²) in [6, 6.07) is 15.5. The van der Waals surface area contributed by atoms with Gasteiger partial charge in [-0.25, -0.2) is 4.68 Å². The van der Waals surface area contributed by atoms with E-state index in [1.165, 1.54) is 4.68 Å². The molecule has 0 bridgehead atoms. The third kappa shape index (κ3) is 3.96. The first-order chi connectivity index (χ1) is 13.9. The Kier molecular flexibility index (Phi) is 5.00. The van der Waals surface area contributed by atoms with Crippen molar-refractivity contribution in [1.82, 2.24) is 15.2 Å². The van der Waals surface area contributed by atoms with Gasteiger partial charge in [-0.3, -0.25) is 15.6 Å². The van der Waals surface area contributed by atoms with E-state index in [-0.39, 0.29) is 11.5 Å². The number of halogens is 3. The Morgan fingerprint density at radius 2 is 1.66 bits per heavy atom. The number of alkyl halides is 3. The molecule has 1 aliphatic carbocycles. The molecule has 1 aromatic heterocycles. The molecule has 0 saturated carbocycles. The van der Waals surface area contributed by atoms with Crippen molar-refractivity contribution in [2.45, 2.75) is 31.9 Å². The van der Waals surface area contributed by atoms with Crippen LogP contribution in [0.3, 0.4) is 0 Å². The van der Waals surface area contributed by atoms with E-state index in [9.17, 15) is 18.0 Å². The largest absolute Gasteiger partial charge is 0.435 e. The second-order valence-corrected chi connectivity index (χ2v) is 6.88. The molecule has 1 aliphatic rings. The summed E-state index contributed by atoms with van der Waals surface area (Å²) < 4.78 is 41.5. The molecule has 2 aromatic carbocycles. The molecule has 0 unspecified atom stereocenters. The van der Waals surface area contributed by atoms with Crippen molar-refractivity contribution in [2.24, 2.45) is 0 Å². The van der Waals surface area contributed by atoms with Crippen molar-refractivity contribution in [3.05, 3.63) is 77.1 Å². The molecule has 0 fully saturated rings. The van der Waals surface area contributed by atoms with Crippen LogP contribution in [0.15, 0.2) is 54.6 Å².